The molecule has 3 unspecified atom stereocenters. The highest BCUT2D eigenvalue weighted by Gasteiger charge is 2.54. The molecule has 2 fully saturated rings. The van der Waals surface area contributed by atoms with Crippen molar-refractivity contribution in [3.8, 4) is 0 Å². The van der Waals surface area contributed by atoms with E-state index in [9.17, 15) is 4.79 Å². The molecule has 2 aliphatic rings. The van der Waals surface area contributed by atoms with Gasteiger partial charge in [0.05, 0.1) is 0 Å². The Morgan fingerprint density at radius 3 is 2.58 bits per heavy atom. The number of hydrogen-bond acceptors (Lipinski definition) is 4. The van der Waals surface area contributed by atoms with Crippen molar-refractivity contribution in [1.82, 2.24) is 0 Å². The Hall–Kier alpha value is -0.610. The van der Waals surface area contributed by atoms with E-state index < -0.39 is 11.9 Å². The number of ether oxygens (including phenoxy) is 3. The first kappa shape index (κ1) is 8.01. The molecule has 0 aliphatic carbocycles. The third-order valence-corrected chi connectivity index (χ3v) is 2.13. The first-order valence-electron chi connectivity index (χ1n) is 4.06. The monoisotopic (exact) mass is 172 g/mol. The second-order valence-electron chi connectivity index (χ2n) is 3.66. The van der Waals surface area contributed by atoms with Crippen LogP contribution < -0.4 is 0 Å². The zero-order chi connectivity index (χ0) is 8.93. The topological polar surface area (TPSA) is 44.8 Å². The third-order valence-electron chi connectivity index (χ3n) is 2.13. The summed E-state index contributed by atoms with van der Waals surface area (Å²) >= 11 is 0. The Labute approximate surface area is 70.8 Å². The summed E-state index contributed by atoms with van der Waals surface area (Å²) in [6, 6.07) is 0. The van der Waals surface area contributed by atoms with Gasteiger partial charge in [0.15, 0.2) is 11.9 Å². The van der Waals surface area contributed by atoms with Gasteiger partial charge in [0, 0.05) is 0 Å². The molecule has 2 rings (SSSR count). The molecular formula is C8H12O4. The molecule has 3 atom stereocenters. The lowest BCUT2D eigenvalue weighted by Gasteiger charge is -2.19. The predicted octanol–water partition coefficient (Wildman–Crippen LogP) is 0.452. The number of fused-ring (bicyclic) bond motifs is 1. The lowest BCUT2D eigenvalue weighted by molar-refractivity contribution is -0.185. The summed E-state index contributed by atoms with van der Waals surface area (Å²) in [5.41, 5.74) is 0. The first-order chi connectivity index (χ1) is 5.49. The van der Waals surface area contributed by atoms with Crippen molar-refractivity contribution in [3.63, 3.8) is 0 Å². The maximum atomic E-state index is 11.1. The van der Waals surface area contributed by atoms with E-state index in [2.05, 4.69) is 0 Å². The zero-order valence-electron chi connectivity index (χ0n) is 7.37. The maximum Gasteiger partial charge on any atom is 0.338 e. The van der Waals surface area contributed by atoms with Crippen molar-refractivity contribution in [2.75, 3.05) is 0 Å². The van der Waals surface area contributed by atoms with Crippen molar-refractivity contribution >= 4 is 5.97 Å². The Morgan fingerprint density at radius 1 is 1.33 bits per heavy atom. The zero-order valence-corrected chi connectivity index (χ0v) is 7.37. The lowest BCUT2D eigenvalue weighted by Crippen LogP contribution is -2.27. The predicted molar refractivity (Wildman–Crippen MR) is 39.4 cm³/mol. The Morgan fingerprint density at radius 2 is 2.00 bits per heavy atom. The molecule has 4 nitrogen and oxygen atoms in total. The molecule has 0 saturated carbocycles. The van der Waals surface area contributed by atoms with Crippen molar-refractivity contribution in [3.05, 3.63) is 0 Å². The molecule has 68 valence electrons. The molecule has 0 amide bonds. The van der Waals surface area contributed by atoms with E-state index in [-0.39, 0.29) is 18.2 Å². The van der Waals surface area contributed by atoms with Gasteiger partial charge >= 0.3 is 5.97 Å². The second-order valence-corrected chi connectivity index (χ2v) is 3.66. The van der Waals surface area contributed by atoms with Crippen molar-refractivity contribution in [1.29, 1.82) is 0 Å². The van der Waals surface area contributed by atoms with Crippen molar-refractivity contribution in [2.45, 2.75) is 44.9 Å². The molecule has 2 saturated heterocycles. The molecule has 0 N–H and O–H groups in total. The summed E-state index contributed by atoms with van der Waals surface area (Å²) in [6.07, 6.45) is -0.938. The average Bonchev–Trinajstić information content (AvgIpc) is 2.34. The number of carbonyl (C=O) groups is 1. The number of carbonyl (C=O) groups excluding carboxylic acids is 1. The van der Waals surface area contributed by atoms with Crippen LogP contribution in [0.4, 0.5) is 0 Å². The van der Waals surface area contributed by atoms with Gasteiger partial charge in [-0.25, -0.2) is 4.79 Å². The minimum absolute atomic E-state index is 0.190. The summed E-state index contributed by atoms with van der Waals surface area (Å²) in [7, 11) is 0. The number of cyclic esters (lactones) is 1. The van der Waals surface area contributed by atoms with Crippen molar-refractivity contribution in [2.24, 2.45) is 0 Å². The van der Waals surface area contributed by atoms with E-state index in [0.717, 1.165) is 0 Å². The fourth-order valence-corrected chi connectivity index (χ4v) is 1.63. The molecular weight excluding hydrogens is 160 g/mol. The van der Waals surface area contributed by atoms with E-state index in [1.807, 2.05) is 6.92 Å². The van der Waals surface area contributed by atoms with Crippen LogP contribution >= 0.6 is 0 Å². The van der Waals surface area contributed by atoms with Crippen LogP contribution in [0.1, 0.15) is 20.8 Å². The summed E-state index contributed by atoms with van der Waals surface area (Å²) in [6.45, 7) is 5.41. The summed E-state index contributed by atoms with van der Waals surface area (Å²) in [4.78, 5) is 11.1. The average molecular weight is 172 g/mol. The van der Waals surface area contributed by atoms with Gasteiger partial charge < -0.3 is 14.2 Å². The van der Waals surface area contributed by atoms with Crippen LogP contribution in [-0.2, 0) is 19.0 Å². The Bertz CT molecular complexity index is 223. The standard InChI is InChI=1S/C8H12O4/c1-4-5-6(7(9)10-4)12-8(2,3)11-5/h4-6H,1-3H3. The smallest absolute Gasteiger partial charge is 0.338 e. The van der Waals surface area contributed by atoms with Gasteiger partial charge in [0.25, 0.3) is 0 Å². The van der Waals surface area contributed by atoms with Gasteiger partial charge in [0.2, 0.25) is 0 Å². The van der Waals surface area contributed by atoms with Crippen LogP contribution in [0.2, 0.25) is 0 Å². The largest absolute Gasteiger partial charge is 0.458 e. The maximum absolute atomic E-state index is 11.1. The summed E-state index contributed by atoms with van der Waals surface area (Å²) < 4.78 is 15.8. The van der Waals surface area contributed by atoms with Gasteiger partial charge in [-0.15, -0.1) is 0 Å². The normalized spacial score (nSPS) is 44.2. The van der Waals surface area contributed by atoms with Crippen LogP contribution in [-0.4, -0.2) is 30.1 Å². The highest BCUT2D eigenvalue weighted by molar-refractivity contribution is 5.78. The third kappa shape index (κ3) is 1.03. The number of hydrogen-bond donors (Lipinski definition) is 0. The minimum Gasteiger partial charge on any atom is -0.458 e. The van der Waals surface area contributed by atoms with Crippen LogP contribution in [0.5, 0.6) is 0 Å². The summed E-state index contributed by atoms with van der Waals surface area (Å²) in [5, 5.41) is 0. The van der Waals surface area contributed by atoms with E-state index in [1.54, 1.807) is 13.8 Å². The van der Waals surface area contributed by atoms with Gasteiger partial charge in [-0.1, -0.05) is 0 Å². The fraction of sp³-hybridized carbons (Fsp3) is 0.875. The van der Waals surface area contributed by atoms with Crippen LogP contribution in [0, 0.1) is 0 Å². The highest BCUT2D eigenvalue weighted by atomic mass is 16.8. The first-order valence-corrected chi connectivity index (χ1v) is 4.06. The molecule has 0 aromatic heterocycles. The molecule has 4 heteroatoms. The van der Waals surface area contributed by atoms with Crippen LogP contribution in [0.3, 0.4) is 0 Å². The SMILES string of the molecule is CC1OC(=O)C2OC(C)(C)OC12. The van der Waals surface area contributed by atoms with Gasteiger partial charge in [-0.2, -0.15) is 0 Å². The van der Waals surface area contributed by atoms with Crippen LogP contribution in [0.25, 0.3) is 0 Å². The van der Waals surface area contributed by atoms with Crippen LogP contribution in [0.15, 0.2) is 0 Å². The number of rotatable bonds is 0. The molecule has 0 aromatic carbocycles. The fourth-order valence-electron chi connectivity index (χ4n) is 1.63. The minimum atomic E-state index is -0.650. The van der Waals surface area contributed by atoms with Gasteiger partial charge in [0.1, 0.15) is 12.2 Å². The molecule has 0 radical (unpaired) electrons. The number of esters is 1. The van der Waals surface area contributed by atoms with Gasteiger partial charge in [-0.3, -0.25) is 0 Å². The molecule has 0 spiro atoms. The van der Waals surface area contributed by atoms with E-state index in [0.29, 0.717) is 0 Å². The van der Waals surface area contributed by atoms with Gasteiger partial charge in [-0.05, 0) is 20.8 Å². The van der Waals surface area contributed by atoms with E-state index in [4.69, 9.17) is 14.2 Å². The Balaban J connectivity index is 2.20. The quantitative estimate of drug-likeness (QED) is 0.498. The van der Waals surface area contributed by atoms with E-state index in [1.165, 1.54) is 0 Å². The second kappa shape index (κ2) is 2.20. The molecule has 0 aromatic rings. The molecule has 0 bridgehead atoms. The Kier molecular flexibility index (Phi) is 1.47. The molecule has 2 aliphatic heterocycles. The summed E-state index contributed by atoms with van der Waals surface area (Å²) in [5.74, 6) is -0.957. The molecule has 2 heterocycles. The highest BCUT2D eigenvalue weighted by Crippen LogP contribution is 2.35. The van der Waals surface area contributed by atoms with Crippen molar-refractivity contribution < 1.29 is 19.0 Å². The lowest BCUT2D eigenvalue weighted by atomic mass is 10.2. The van der Waals surface area contributed by atoms with E-state index >= 15 is 0 Å². The molecule has 12 heavy (non-hydrogen) atoms.